The lowest BCUT2D eigenvalue weighted by molar-refractivity contribution is -0.151. The molecule has 0 spiro atoms. The molecule has 0 bridgehead atoms. The molecule has 1 aliphatic heterocycles. The highest BCUT2D eigenvalue weighted by Crippen LogP contribution is 2.36. The average molecular weight is 351 g/mol. The average Bonchev–Trinajstić information content (AvgIpc) is 2.49. The van der Waals surface area contributed by atoms with E-state index < -0.39 is 12.0 Å². The molecule has 3 rings (SSSR count). The van der Waals surface area contributed by atoms with E-state index in [0.717, 1.165) is 11.1 Å². The number of carboxylic acids is 1. The van der Waals surface area contributed by atoms with Gasteiger partial charge in [0.25, 0.3) is 0 Å². The highest BCUT2D eigenvalue weighted by atomic mass is 35.5. The van der Waals surface area contributed by atoms with Gasteiger partial charge < -0.3 is 10.8 Å². The van der Waals surface area contributed by atoms with Crippen molar-refractivity contribution >= 4 is 29.2 Å². The van der Waals surface area contributed by atoms with Gasteiger partial charge in [0.2, 0.25) is 0 Å². The number of aliphatic carboxylic acids is 1. The van der Waals surface area contributed by atoms with Crippen LogP contribution in [0.1, 0.15) is 17.2 Å². The molecule has 0 saturated carbocycles. The highest BCUT2D eigenvalue weighted by Gasteiger charge is 2.46. The van der Waals surface area contributed by atoms with Crippen molar-refractivity contribution in [2.75, 3.05) is 6.54 Å². The molecule has 3 N–H and O–H groups in total. The fourth-order valence-electron chi connectivity index (χ4n) is 3.02. The normalized spacial score (nSPS) is 21.2. The monoisotopic (exact) mass is 350 g/mol. The zero-order valence-electron chi connectivity index (χ0n) is 12.2. The van der Waals surface area contributed by atoms with Crippen molar-refractivity contribution in [2.45, 2.75) is 18.1 Å². The first-order chi connectivity index (χ1) is 11.0. The Bertz CT molecular complexity index is 658. The number of carboxylic acid groups (broad SMARTS) is 1. The molecule has 1 saturated heterocycles. The van der Waals surface area contributed by atoms with Gasteiger partial charge in [-0.1, -0.05) is 47.5 Å². The van der Waals surface area contributed by atoms with Gasteiger partial charge in [0.15, 0.2) is 0 Å². The summed E-state index contributed by atoms with van der Waals surface area (Å²) in [4.78, 5) is 13.4. The maximum absolute atomic E-state index is 11.5. The van der Waals surface area contributed by atoms with Gasteiger partial charge in [-0.2, -0.15) is 0 Å². The maximum atomic E-state index is 11.5. The quantitative estimate of drug-likeness (QED) is 0.888. The third-order valence-electron chi connectivity index (χ3n) is 4.14. The minimum atomic E-state index is -0.906. The van der Waals surface area contributed by atoms with E-state index in [-0.39, 0.29) is 12.1 Å². The third kappa shape index (κ3) is 3.21. The summed E-state index contributed by atoms with van der Waals surface area (Å²) in [5.41, 5.74) is 7.83. The van der Waals surface area contributed by atoms with Crippen molar-refractivity contribution in [1.82, 2.24) is 4.90 Å². The van der Waals surface area contributed by atoms with Crippen LogP contribution >= 0.6 is 23.2 Å². The van der Waals surface area contributed by atoms with E-state index in [1.54, 1.807) is 24.3 Å². The van der Waals surface area contributed by atoms with Crippen molar-refractivity contribution in [3.63, 3.8) is 0 Å². The SMILES string of the molecule is NC1CN(C(c2ccc(Cl)cc2)c2ccc(Cl)cc2)C1C(=O)O. The number of nitrogens with zero attached hydrogens (tertiary/aromatic N) is 1. The standard InChI is InChI=1S/C17H16Cl2N2O2/c18-12-5-1-10(2-6-12)15(11-3-7-13(19)8-4-11)21-9-14(20)16(21)17(22)23/h1-8,14-16H,9,20H2,(H,22,23). The van der Waals surface area contributed by atoms with Gasteiger partial charge in [-0.05, 0) is 35.4 Å². The van der Waals surface area contributed by atoms with E-state index >= 15 is 0 Å². The van der Waals surface area contributed by atoms with E-state index in [1.807, 2.05) is 29.2 Å². The first-order valence-corrected chi connectivity index (χ1v) is 7.98. The Hall–Kier alpha value is -1.59. The summed E-state index contributed by atoms with van der Waals surface area (Å²) in [6.07, 6.45) is 0. The summed E-state index contributed by atoms with van der Waals surface area (Å²) >= 11 is 11.9. The van der Waals surface area contributed by atoms with E-state index in [9.17, 15) is 9.90 Å². The van der Waals surface area contributed by atoms with Crippen molar-refractivity contribution in [3.05, 3.63) is 69.7 Å². The number of rotatable bonds is 4. The second-order valence-corrected chi connectivity index (χ2v) is 6.52. The van der Waals surface area contributed by atoms with Crippen molar-refractivity contribution in [2.24, 2.45) is 5.73 Å². The van der Waals surface area contributed by atoms with Crippen LogP contribution in [-0.4, -0.2) is 34.6 Å². The minimum Gasteiger partial charge on any atom is -0.480 e. The van der Waals surface area contributed by atoms with Crippen molar-refractivity contribution < 1.29 is 9.90 Å². The molecule has 2 unspecified atom stereocenters. The van der Waals surface area contributed by atoms with Crippen LogP contribution in [0.15, 0.2) is 48.5 Å². The highest BCUT2D eigenvalue weighted by molar-refractivity contribution is 6.30. The largest absolute Gasteiger partial charge is 0.480 e. The predicted molar refractivity (Wildman–Crippen MR) is 90.9 cm³/mol. The number of hydrogen-bond acceptors (Lipinski definition) is 3. The van der Waals surface area contributed by atoms with Crippen LogP contribution in [-0.2, 0) is 4.79 Å². The molecule has 2 aromatic carbocycles. The number of hydrogen-bond donors (Lipinski definition) is 2. The van der Waals surface area contributed by atoms with Crippen molar-refractivity contribution in [1.29, 1.82) is 0 Å². The van der Waals surface area contributed by atoms with Crippen LogP contribution in [0.5, 0.6) is 0 Å². The number of benzene rings is 2. The van der Waals surface area contributed by atoms with E-state index in [1.165, 1.54) is 0 Å². The van der Waals surface area contributed by atoms with Gasteiger partial charge in [-0.3, -0.25) is 9.69 Å². The first-order valence-electron chi connectivity index (χ1n) is 7.22. The molecule has 0 radical (unpaired) electrons. The predicted octanol–water partition coefficient (Wildman–Crippen LogP) is 3.18. The van der Waals surface area contributed by atoms with Gasteiger partial charge in [0.05, 0.1) is 6.04 Å². The lowest BCUT2D eigenvalue weighted by atomic mass is 9.88. The Morgan fingerprint density at radius 2 is 1.48 bits per heavy atom. The molecule has 0 aromatic heterocycles. The number of carbonyl (C=O) groups is 1. The minimum absolute atomic E-state index is 0.203. The zero-order valence-corrected chi connectivity index (χ0v) is 13.7. The van der Waals surface area contributed by atoms with Crippen LogP contribution in [0.4, 0.5) is 0 Å². The molecule has 0 amide bonds. The fraction of sp³-hybridized carbons (Fsp3) is 0.235. The number of likely N-dealkylation sites (tertiary alicyclic amines) is 1. The summed E-state index contributed by atoms with van der Waals surface area (Å²) < 4.78 is 0. The Kier molecular flexibility index (Phi) is 4.60. The number of halogens is 2. The topological polar surface area (TPSA) is 66.6 Å². The molecule has 23 heavy (non-hydrogen) atoms. The molecule has 6 heteroatoms. The molecule has 120 valence electrons. The maximum Gasteiger partial charge on any atom is 0.322 e. The van der Waals surface area contributed by atoms with Crippen LogP contribution in [0.25, 0.3) is 0 Å². The fourth-order valence-corrected chi connectivity index (χ4v) is 3.27. The molecule has 1 fully saturated rings. The molecule has 2 atom stereocenters. The van der Waals surface area contributed by atoms with E-state index in [0.29, 0.717) is 16.6 Å². The van der Waals surface area contributed by atoms with Crippen LogP contribution in [0.3, 0.4) is 0 Å². The summed E-state index contributed by atoms with van der Waals surface area (Å²) in [5, 5.41) is 10.7. The smallest absolute Gasteiger partial charge is 0.322 e. The second-order valence-electron chi connectivity index (χ2n) is 5.65. The summed E-state index contributed by atoms with van der Waals surface area (Å²) in [5.74, 6) is -0.906. The molecule has 2 aromatic rings. The lowest BCUT2D eigenvalue weighted by Crippen LogP contribution is -2.68. The Balaban J connectivity index is 2.01. The Morgan fingerprint density at radius 3 is 1.83 bits per heavy atom. The molecule has 1 heterocycles. The lowest BCUT2D eigenvalue weighted by Gasteiger charge is -2.48. The summed E-state index contributed by atoms with van der Waals surface area (Å²) in [6, 6.07) is 13.6. The second kappa shape index (κ2) is 6.49. The Morgan fingerprint density at radius 1 is 1.04 bits per heavy atom. The Labute approximate surface area is 144 Å². The molecule has 4 nitrogen and oxygen atoms in total. The molecule has 1 aliphatic rings. The summed E-state index contributed by atoms with van der Waals surface area (Å²) in [7, 11) is 0. The van der Waals surface area contributed by atoms with Gasteiger partial charge in [-0.15, -0.1) is 0 Å². The third-order valence-corrected chi connectivity index (χ3v) is 4.64. The van der Waals surface area contributed by atoms with Crippen LogP contribution < -0.4 is 5.73 Å². The summed E-state index contributed by atoms with van der Waals surface area (Å²) in [6.45, 7) is 0.521. The van der Waals surface area contributed by atoms with Crippen molar-refractivity contribution in [3.8, 4) is 0 Å². The van der Waals surface area contributed by atoms with Gasteiger partial charge in [0.1, 0.15) is 6.04 Å². The molecular weight excluding hydrogens is 335 g/mol. The molecule has 0 aliphatic carbocycles. The van der Waals surface area contributed by atoms with Gasteiger partial charge in [0, 0.05) is 22.6 Å². The first kappa shape index (κ1) is 16.3. The van der Waals surface area contributed by atoms with E-state index in [2.05, 4.69) is 0 Å². The van der Waals surface area contributed by atoms with Gasteiger partial charge in [-0.25, -0.2) is 0 Å². The van der Waals surface area contributed by atoms with Crippen LogP contribution in [0.2, 0.25) is 10.0 Å². The van der Waals surface area contributed by atoms with Crippen LogP contribution in [0, 0.1) is 0 Å². The van der Waals surface area contributed by atoms with Gasteiger partial charge >= 0.3 is 5.97 Å². The number of nitrogens with two attached hydrogens (primary N) is 1. The zero-order chi connectivity index (χ0) is 16.6. The molecular formula is C17H16Cl2N2O2. The van der Waals surface area contributed by atoms with E-state index in [4.69, 9.17) is 28.9 Å².